The Morgan fingerprint density at radius 1 is 1.37 bits per heavy atom. The Hall–Kier alpha value is -0.650. The lowest BCUT2D eigenvalue weighted by Gasteiger charge is -2.31. The number of esters is 1. The monoisotopic (exact) mass is 273 g/mol. The lowest BCUT2D eigenvalue weighted by molar-refractivity contribution is -0.143. The van der Waals surface area contributed by atoms with Crippen molar-refractivity contribution in [3.8, 4) is 0 Å². The fourth-order valence-electron chi connectivity index (χ4n) is 2.29. The van der Waals surface area contributed by atoms with E-state index in [1.54, 1.807) is 0 Å². The van der Waals surface area contributed by atoms with Crippen LogP contribution in [-0.4, -0.2) is 61.5 Å². The van der Waals surface area contributed by atoms with Crippen molar-refractivity contribution in [3.63, 3.8) is 0 Å². The van der Waals surface area contributed by atoms with Gasteiger partial charge >= 0.3 is 5.97 Å². The first-order chi connectivity index (χ1) is 9.26. The molecule has 5 heteroatoms. The number of hydrogen-bond acceptors (Lipinski definition) is 5. The molecule has 0 unspecified atom stereocenters. The number of aliphatic hydroxyl groups excluding tert-OH is 1. The van der Waals surface area contributed by atoms with Gasteiger partial charge in [0, 0.05) is 19.5 Å². The first-order valence-electron chi connectivity index (χ1n) is 7.36. The van der Waals surface area contributed by atoms with Crippen LogP contribution in [0, 0.1) is 0 Å². The highest BCUT2D eigenvalue weighted by molar-refractivity contribution is 5.69. The molecule has 0 aromatic carbocycles. The van der Waals surface area contributed by atoms with E-state index in [9.17, 15) is 4.79 Å². The van der Waals surface area contributed by atoms with Gasteiger partial charge in [-0.3, -0.25) is 9.69 Å². The summed E-state index contributed by atoms with van der Waals surface area (Å²) in [6, 6.07) is 0. The summed E-state index contributed by atoms with van der Waals surface area (Å²) < 4.78 is 10.3. The van der Waals surface area contributed by atoms with Crippen LogP contribution in [0.1, 0.15) is 39.0 Å². The van der Waals surface area contributed by atoms with Crippen LogP contribution in [0.25, 0.3) is 0 Å². The number of rotatable bonds is 9. The number of ether oxygens (including phenoxy) is 2. The average molecular weight is 273 g/mol. The van der Waals surface area contributed by atoms with Crippen LogP contribution >= 0.6 is 0 Å². The number of morpholine rings is 1. The summed E-state index contributed by atoms with van der Waals surface area (Å²) in [6.45, 7) is 5.98. The van der Waals surface area contributed by atoms with E-state index < -0.39 is 0 Å². The molecule has 1 aliphatic rings. The third-order valence-electron chi connectivity index (χ3n) is 3.34. The van der Waals surface area contributed by atoms with E-state index in [1.165, 1.54) is 0 Å². The second-order valence-corrected chi connectivity index (χ2v) is 4.95. The summed E-state index contributed by atoms with van der Waals surface area (Å²) in [6.07, 6.45) is 4.80. The molecule has 1 rings (SSSR count). The topological polar surface area (TPSA) is 59.0 Å². The van der Waals surface area contributed by atoms with Crippen LogP contribution in [-0.2, 0) is 14.3 Å². The van der Waals surface area contributed by atoms with Crippen LogP contribution in [0.2, 0.25) is 0 Å². The molecule has 1 saturated heterocycles. The van der Waals surface area contributed by atoms with Gasteiger partial charge in [-0.15, -0.1) is 0 Å². The zero-order chi connectivity index (χ0) is 13.9. The van der Waals surface area contributed by atoms with Gasteiger partial charge in [-0.05, 0) is 26.3 Å². The maximum Gasteiger partial charge on any atom is 0.305 e. The highest BCUT2D eigenvalue weighted by Crippen LogP contribution is 2.09. The standard InChI is InChI=1S/C14H27NO4/c1-2-18-14(17)7-5-3-4-6-8-15-9-10-19-13(11-15)12-16/h13,16H,2-12H2,1H3/t13-/m0/s1. The van der Waals surface area contributed by atoms with E-state index in [0.29, 0.717) is 19.6 Å². The molecule has 1 aliphatic heterocycles. The second kappa shape index (κ2) is 10.2. The fraction of sp³-hybridized carbons (Fsp3) is 0.929. The first-order valence-corrected chi connectivity index (χ1v) is 7.36. The zero-order valence-electron chi connectivity index (χ0n) is 12.0. The quantitative estimate of drug-likeness (QED) is 0.505. The third kappa shape index (κ3) is 7.50. The van der Waals surface area contributed by atoms with Crippen molar-refractivity contribution < 1.29 is 19.4 Å². The van der Waals surface area contributed by atoms with Gasteiger partial charge < -0.3 is 14.6 Å². The molecular weight excluding hydrogens is 246 g/mol. The SMILES string of the molecule is CCOC(=O)CCCCCCN1CCO[C@H](CO)C1. The number of unbranched alkanes of at least 4 members (excludes halogenated alkanes) is 3. The van der Waals surface area contributed by atoms with Crippen LogP contribution < -0.4 is 0 Å². The first kappa shape index (κ1) is 16.4. The molecule has 0 amide bonds. The number of hydrogen-bond donors (Lipinski definition) is 1. The van der Waals surface area contributed by atoms with Crippen molar-refractivity contribution in [1.82, 2.24) is 4.90 Å². The predicted molar refractivity (Wildman–Crippen MR) is 73.0 cm³/mol. The van der Waals surface area contributed by atoms with Gasteiger partial charge in [0.25, 0.3) is 0 Å². The number of carbonyl (C=O) groups is 1. The lowest BCUT2D eigenvalue weighted by atomic mass is 10.1. The molecule has 0 aromatic rings. The molecular formula is C14H27NO4. The van der Waals surface area contributed by atoms with Crippen LogP contribution in [0.5, 0.6) is 0 Å². The minimum Gasteiger partial charge on any atom is -0.466 e. The van der Waals surface area contributed by atoms with E-state index in [0.717, 1.165) is 45.3 Å². The number of carbonyl (C=O) groups excluding carboxylic acids is 1. The average Bonchev–Trinajstić information content (AvgIpc) is 2.43. The fourth-order valence-corrected chi connectivity index (χ4v) is 2.29. The Morgan fingerprint density at radius 3 is 2.89 bits per heavy atom. The molecule has 0 saturated carbocycles. The van der Waals surface area contributed by atoms with E-state index in [-0.39, 0.29) is 18.7 Å². The molecule has 0 spiro atoms. The Labute approximate surface area is 115 Å². The predicted octanol–water partition coefficient (Wildman–Crippen LogP) is 1.19. The van der Waals surface area contributed by atoms with Gasteiger partial charge in [0.15, 0.2) is 0 Å². The summed E-state index contributed by atoms with van der Waals surface area (Å²) in [7, 11) is 0. The van der Waals surface area contributed by atoms with Crippen molar-refractivity contribution in [2.75, 3.05) is 39.5 Å². The largest absolute Gasteiger partial charge is 0.466 e. The van der Waals surface area contributed by atoms with Crippen molar-refractivity contribution in [2.45, 2.75) is 45.1 Å². The van der Waals surface area contributed by atoms with E-state index in [1.807, 2.05) is 6.92 Å². The van der Waals surface area contributed by atoms with Gasteiger partial charge in [-0.2, -0.15) is 0 Å². The van der Waals surface area contributed by atoms with Gasteiger partial charge in [-0.25, -0.2) is 0 Å². The molecule has 1 N–H and O–H groups in total. The maximum atomic E-state index is 11.1. The summed E-state index contributed by atoms with van der Waals surface area (Å²) in [5.41, 5.74) is 0. The second-order valence-electron chi connectivity index (χ2n) is 4.95. The molecule has 1 fully saturated rings. The van der Waals surface area contributed by atoms with E-state index >= 15 is 0 Å². The van der Waals surface area contributed by atoms with Gasteiger partial charge in [0.1, 0.15) is 0 Å². The molecule has 0 radical (unpaired) electrons. The van der Waals surface area contributed by atoms with E-state index in [2.05, 4.69) is 4.90 Å². The molecule has 112 valence electrons. The molecule has 1 heterocycles. The Bertz CT molecular complexity index is 248. The highest BCUT2D eigenvalue weighted by atomic mass is 16.5. The summed E-state index contributed by atoms with van der Waals surface area (Å²) in [5, 5.41) is 9.05. The molecule has 1 atom stereocenters. The Morgan fingerprint density at radius 2 is 2.16 bits per heavy atom. The van der Waals surface area contributed by atoms with Crippen molar-refractivity contribution in [1.29, 1.82) is 0 Å². The van der Waals surface area contributed by atoms with Gasteiger partial charge in [0.05, 0.1) is 25.9 Å². The molecule has 0 aliphatic carbocycles. The van der Waals surface area contributed by atoms with Crippen LogP contribution in [0.15, 0.2) is 0 Å². The molecule has 0 aromatic heterocycles. The Balaban J connectivity index is 1.94. The minimum atomic E-state index is -0.0820. The normalized spacial score (nSPS) is 20.4. The lowest BCUT2D eigenvalue weighted by Crippen LogP contribution is -2.44. The third-order valence-corrected chi connectivity index (χ3v) is 3.34. The number of nitrogens with zero attached hydrogens (tertiary/aromatic N) is 1. The zero-order valence-corrected chi connectivity index (χ0v) is 12.0. The summed E-state index contributed by atoms with van der Waals surface area (Å²) >= 11 is 0. The van der Waals surface area contributed by atoms with Crippen molar-refractivity contribution >= 4 is 5.97 Å². The minimum absolute atomic E-state index is 0.0161. The Kier molecular flexibility index (Phi) is 8.79. The smallest absolute Gasteiger partial charge is 0.305 e. The van der Waals surface area contributed by atoms with Crippen molar-refractivity contribution in [3.05, 3.63) is 0 Å². The molecule has 0 bridgehead atoms. The van der Waals surface area contributed by atoms with Crippen LogP contribution in [0.3, 0.4) is 0 Å². The summed E-state index contributed by atoms with van der Waals surface area (Å²) in [5.74, 6) is -0.0820. The van der Waals surface area contributed by atoms with Gasteiger partial charge in [0.2, 0.25) is 0 Å². The van der Waals surface area contributed by atoms with Crippen molar-refractivity contribution in [2.24, 2.45) is 0 Å². The van der Waals surface area contributed by atoms with Crippen LogP contribution in [0.4, 0.5) is 0 Å². The maximum absolute atomic E-state index is 11.1. The highest BCUT2D eigenvalue weighted by Gasteiger charge is 2.18. The van der Waals surface area contributed by atoms with Gasteiger partial charge in [-0.1, -0.05) is 12.8 Å². The molecule has 5 nitrogen and oxygen atoms in total. The number of aliphatic hydroxyl groups is 1. The molecule has 19 heavy (non-hydrogen) atoms. The summed E-state index contributed by atoms with van der Waals surface area (Å²) in [4.78, 5) is 13.5. The van der Waals surface area contributed by atoms with E-state index in [4.69, 9.17) is 14.6 Å².